The van der Waals surface area contributed by atoms with Gasteiger partial charge in [0.05, 0.1) is 19.2 Å². The number of amides is 1. The van der Waals surface area contributed by atoms with E-state index < -0.39 is 0 Å². The van der Waals surface area contributed by atoms with E-state index in [-0.39, 0.29) is 18.0 Å². The van der Waals surface area contributed by atoms with Crippen molar-refractivity contribution in [3.05, 3.63) is 29.8 Å². The van der Waals surface area contributed by atoms with Crippen molar-refractivity contribution in [3.8, 4) is 5.75 Å². The number of rotatable bonds is 3. The average molecular weight is 288 g/mol. The standard InChI is InChI=1S/C17H24N2O2/c1-12-8-9-18-16(12)17(20)19-10-4-7-15(19)13-5-3-6-14(11-13)21-2/h3,5-6,11-12,15-16,18H,4,7-10H2,1-2H3. The van der Waals surface area contributed by atoms with E-state index in [0.29, 0.717) is 5.92 Å². The van der Waals surface area contributed by atoms with E-state index in [2.05, 4.69) is 29.3 Å². The number of methoxy groups -OCH3 is 1. The molecule has 2 saturated heterocycles. The zero-order valence-corrected chi connectivity index (χ0v) is 12.8. The third-order valence-corrected chi connectivity index (χ3v) is 4.81. The lowest BCUT2D eigenvalue weighted by molar-refractivity contribution is -0.134. The van der Waals surface area contributed by atoms with Gasteiger partial charge in [0, 0.05) is 6.54 Å². The predicted molar refractivity (Wildman–Crippen MR) is 82.3 cm³/mol. The van der Waals surface area contributed by atoms with E-state index in [1.54, 1.807) is 7.11 Å². The molecule has 2 aliphatic heterocycles. The van der Waals surface area contributed by atoms with Crippen LogP contribution >= 0.6 is 0 Å². The van der Waals surface area contributed by atoms with Crippen LogP contribution in [0.1, 0.15) is 37.8 Å². The third-order valence-electron chi connectivity index (χ3n) is 4.81. The van der Waals surface area contributed by atoms with Gasteiger partial charge in [-0.1, -0.05) is 19.1 Å². The van der Waals surface area contributed by atoms with Crippen LogP contribution in [0, 0.1) is 5.92 Å². The van der Waals surface area contributed by atoms with Crippen LogP contribution in [0.15, 0.2) is 24.3 Å². The van der Waals surface area contributed by atoms with Gasteiger partial charge in [0.1, 0.15) is 5.75 Å². The number of carbonyl (C=O) groups excluding carboxylic acids is 1. The van der Waals surface area contributed by atoms with Crippen LogP contribution in [-0.4, -0.2) is 37.0 Å². The van der Waals surface area contributed by atoms with Crippen molar-refractivity contribution in [1.29, 1.82) is 0 Å². The molecule has 0 aliphatic carbocycles. The molecule has 3 unspecified atom stereocenters. The topological polar surface area (TPSA) is 41.6 Å². The highest BCUT2D eigenvalue weighted by Crippen LogP contribution is 2.34. The van der Waals surface area contributed by atoms with Gasteiger partial charge in [0.25, 0.3) is 0 Å². The first-order valence-electron chi connectivity index (χ1n) is 7.88. The summed E-state index contributed by atoms with van der Waals surface area (Å²) in [5.74, 6) is 1.56. The van der Waals surface area contributed by atoms with Gasteiger partial charge >= 0.3 is 0 Å². The second kappa shape index (κ2) is 6.06. The molecule has 0 radical (unpaired) electrons. The van der Waals surface area contributed by atoms with Crippen molar-refractivity contribution in [1.82, 2.24) is 10.2 Å². The quantitative estimate of drug-likeness (QED) is 0.928. The van der Waals surface area contributed by atoms with Crippen LogP contribution in [-0.2, 0) is 4.79 Å². The molecule has 0 aromatic heterocycles. The summed E-state index contributed by atoms with van der Waals surface area (Å²) >= 11 is 0. The Kier molecular flexibility index (Phi) is 4.15. The fraction of sp³-hybridized carbons (Fsp3) is 0.588. The average Bonchev–Trinajstić information content (AvgIpc) is 3.15. The van der Waals surface area contributed by atoms with Gasteiger partial charge in [-0.25, -0.2) is 0 Å². The molecule has 1 aromatic rings. The summed E-state index contributed by atoms with van der Waals surface area (Å²) in [6.45, 7) is 3.99. The normalized spacial score (nSPS) is 28.9. The van der Waals surface area contributed by atoms with Crippen molar-refractivity contribution >= 4 is 5.91 Å². The third kappa shape index (κ3) is 2.77. The maximum Gasteiger partial charge on any atom is 0.240 e. The zero-order chi connectivity index (χ0) is 14.8. The first-order valence-corrected chi connectivity index (χ1v) is 7.88. The SMILES string of the molecule is COc1cccc(C2CCCN2C(=O)C2NCCC2C)c1. The molecule has 0 bridgehead atoms. The molecule has 2 aliphatic rings. The van der Waals surface area contributed by atoms with Crippen molar-refractivity contribution in [2.45, 2.75) is 38.3 Å². The minimum absolute atomic E-state index is 0.00351. The summed E-state index contributed by atoms with van der Waals surface area (Å²) in [6.07, 6.45) is 3.21. The molecule has 114 valence electrons. The number of nitrogens with one attached hydrogen (secondary N) is 1. The molecule has 3 rings (SSSR count). The van der Waals surface area contributed by atoms with Gasteiger partial charge in [0.15, 0.2) is 0 Å². The van der Waals surface area contributed by atoms with Crippen LogP contribution in [0.25, 0.3) is 0 Å². The van der Waals surface area contributed by atoms with Gasteiger partial charge in [0.2, 0.25) is 5.91 Å². The molecular formula is C17H24N2O2. The molecule has 0 saturated carbocycles. The van der Waals surface area contributed by atoms with Gasteiger partial charge < -0.3 is 15.0 Å². The Morgan fingerprint density at radius 2 is 2.24 bits per heavy atom. The van der Waals surface area contributed by atoms with E-state index >= 15 is 0 Å². The fourth-order valence-corrected chi connectivity index (χ4v) is 3.57. The van der Waals surface area contributed by atoms with Crippen LogP contribution in [0.3, 0.4) is 0 Å². The Labute approximate surface area is 126 Å². The van der Waals surface area contributed by atoms with Gasteiger partial charge in [-0.05, 0) is 49.4 Å². The van der Waals surface area contributed by atoms with Crippen LogP contribution in [0.5, 0.6) is 5.75 Å². The largest absolute Gasteiger partial charge is 0.497 e. The summed E-state index contributed by atoms with van der Waals surface area (Å²) in [6, 6.07) is 8.31. The summed E-state index contributed by atoms with van der Waals surface area (Å²) in [4.78, 5) is 14.9. The molecule has 0 spiro atoms. The molecule has 2 fully saturated rings. The van der Waals surface area contributed by atoms with Crippen LogP contribution < -0.4 is 10.1 Å². The summed E-state index contributed by atoms with van der Waals surface area (Å²) in [5.41, 5.74) is 1.19. The molecule has 1 amide bonds. The minimum atomic E-state index is -0.00351. The van der Waals surface area contributed by atoms with Crippen LogP contribution in [0.2, 0.25) is 0 Å². The molecular weight excluding hydrogens is 264 g/mol. The first-order chi connectivity index (χ1) is 10.2. The van der Waals surface area contributed by atoms with E-state index in [4.69, 9.17) is 4.74 Å². The maximum atomic E-state index is 12.8. The number of benzene rings is 1. The minimum Gasteiger partial charge on any atom is -0.497 e. The lowest BCUT2D eigenvalue weighted by atomic mass is 10.00. The van der Waals surface area contributed by atoms with E-state index in [9.17, 15) is 4.79 Å². The maximum absolute atomic E-state index is 12.8. The predicted octanol–water partition coefficient (Wildman–Crippen LogP) is 2.36. The number of likely N-dealkylation sites (tertiary alicyclic amines) is 1. The highest BCUT2D eigenvalue weighted by atomic mass is 16.5. The highest BCUT2D eigenvalue weighted by molar-refractivity contribution is 5.83. The smallest absolute Gasteiger partial charge is 0.240 e. The Bertz CT molecular complexity index is 517. The monoisotopic (exact) mass is 288 g/mol. The van der Waals surface area contributed by atoms with Crippen molar-refractivity contribution < 1.29 is 9.53 Å². The van der Waals surface area contributed by atoms with Gasteiger partial charge in [-0.3, -0.25) is 4.79 Å². The van der Waals surface area contributed by atoms with Crippen molar-refractivity contribution in [2.75, 3.05) is 20.2 Å². The Balaban J connectivity index is 1.80. The Hall–Kier alpha value is -1.55. The van der Waals surface area contributed by atoms with Gasteiger partial charge in [-0.15, -0.1) is 0 Å². The lowest BCUT2D eigenvalue weighted by Gasteiger charge is -2.29. The number of carbonyl (C=O) groups is 1. The molecule has 1 N–H and O–H groups in total. The second-order valence-electron chi connectivity index (χ2n) is 6.16. The summed E-state index contributed by atoms with van der Waals surface area (Å²) in [5, 5.41) is 3.36. The number of hydrogen-bond donors (Lipinski definition) is 1. The molecule has 1 aromatic carbocycles. The Morgan fingerprint density at radius 3 is 2.95 bits per heavy atom. The van der Waals surface area contributed by atoms with Crippen molar-refractivity contribution in [3.63, 3.8) is 0 Å². The van der Waals surface area contributed by atoms with E-state index in [0.717, 1.165) is 38.1 Å². The molecule has 3 atom stereocenters. The number of hydrogen-bond acceptors (Lipinski definition) is 3. The lowest BCUT2D eigenvalue weighted by Crippen LogP contribution is -2.45. The fourth-order valence-electron chi connectivity index (χ4n) is 3.57. The molecule has 21 heavy (non-hydrogen) atoms. The molecule has 4 nitrogen and oxygen atoms in total. The van der Waals surface area contributed by atoms with E-state index in [1.165, 1.54) is 5.56 Å². The Morgan fingerprint density at radius 1 is 1.38 bits per heavy atom. The number of nitrogens with zero attached hydrogens (tertiary/aromatic N) is 1. The molecule has 4 heteroatoms. The highest BCUT2D eigenvalue weighted by Gasteiger charge is 2.37. The van der Waals surface area contributed by atoms with E-state index in [1.807, 2.05) is 12.1 Å². The zero-order valence-electron chi connectivity index (χ0n) is 12.8. The summed E-state index contributed by atoms with van der Waals surface area (Å²) in [7, 11) is 1.68. The van der Waals surface area contributed by atoms with Gasteiger partial charge in [-0.2, -0.15) is 0 Å². The first kappa shape index (κ1) is 14.4. The molecule has 2 heterocycles. The summed E-state index contributed by atoms with van der Waals surface area (Å²) < 4.78 is 5.31. The van der Waals surface area contributed by atoms with Crippen LogP contribution in [0.4, 0.5) is 0 Å². The van der Waals surface area contributed by atoms with Crippen molar-refractivity contribution in [2.24, 2.45) is 5.92 Å². The number of ether oxygens (including phenoxy) is 1. The second-order valence-corrected chi connectivity index (χ2v) is 6.16.